The highest BCUT2D eigenvalue weighted by Crippen LogP contribution is 2.36. The number of hydrogen-bond acceptors (Lipinski definition) is 6. The Bertz CT molecular complexity index is 1250. The van der Waals surface area contributed by atoms with Gasteiger partial charge >= 0.3 is 0 Å². The molecule has 0 aliphatic carbocycles. The van der Waals surface area contributed by atoms with Gasteiger partial charge in [0.2, 0.25) is 5.89 Å². The van der Waals surface area contributed by atoms with Crippen molar-refractivity contribution >= 4 is 23.4 Å². The van der Waals surface area contributed by atoms with E-state index in [2.05, 4.69) is 10.3 Å². The quantitative estimate of drug-likeness (QED) is 0.351. The first-order valence-corrected chi connectivity index (χ1v) is 11.1. The second-order valence-corrected chi connectivity index (χ2v) is 7.71. The number of ether oxygens (including phenoxy) is 2. The SMILES string of the molecule is COc1ccc(-c2cnc(-c3ccccc3C(=O)Nc3cccc(SC)c3)o2)c(OC)c1. The van der Waals surface area contributed by atoms with Crippen LogP contribution in [0.2, 0.25) is 0 Å². The zero-order valence-corrected chi connectivity index (χ0v) is 18.7. The zero-order valence-electron chi connectivity index (χ0n) is 17.9. The molecule has 1 heterocycles. The van der Waals surface area contributed by atoms with E-state index < -0.39 is 0 Å². The van der Waals surface area contributed by atoms with Crippen LogP contribution in [0, 0.1) is 0 Å². The molecule has 0 saturated heterocycles. The van der Waals surface area contributed by atoms with Crippen molar-refractivity contribution in [1.82, 2.24) is 4.98 Å². The van der Waals surface area contributed by atoms with Crippen LogP contribution in [0.1, 0.15) is 10.4 Å². The van der Waals surface area contributed by atoms with Crippen LogP contribution in [-0.2, 0) is 0 Å². The first-order valence-electron chi connectivity index (χ1n) is 9.86. The highest BCUT2D eigenvalue weighted by atomic mass is 32.2. The van der Waals surface area contributed by atoms with Gasteiger partial charge in [-0.25, -0.2) is 4.98 Å². The summed E-state index contributed by atoms with van der Waals surface area (Å²) in [5.74, 6) is 1.93. The van der Waals surface area contributed by atoms with E-state index in [9.17, 15) is 4.79 Å². The van der Waals surface area contributed by atoms with Gasteiger partial charge < -0.3 is 19.2 Å². The van der Waals surface area contributed by atoms with Crippen LogP contribution < -0.4 is 14.8 Å². The second kappa shape index (κ2) is 9.62. The van der Waals surface area contributed by atoms with Gasteiger partial charge in [-0.3, -0.25) is 4.79 Å². The molecule has 3 aromatic carbocycles. The van der Waals surface area contributed by atoms with Crippen molar-refractivity contribution in [3.05, 3.63) is 78.5 Å². The standard InChI is InChI=1S/C25H22N2O4S/c1-29-17-11-12-21(22(14-17)30-2)23-15-26-25(31-23)20-10-5-4-9-19(20)24(28)27-16-7-6-8-18(13-16)32-3/h4-15H,1-3H3,(H,27,28). The lowest BCUT2D eigenvalue weighted by Crippen LogP contribution is -2.13. The molecule has 1 amide bonds. The molecule has 0 fully saturated rings. The molecule has 0 spiro atoms. The normalized spacial score (nSPS) is 10.6. The highest BCUT2D eigenvalue weighted by Gasteiger charge is 2.19. The third-order valence-electron chi connectivity index (χ3n) is 4.91. The number of methoxy groups -OCH3 is 2. The van der Waals surface area contributed by atoms with Crippen LogP contribution in [0.3, 0.4) is 0 Å². The van der Waals surface area contributed by atoms with E-state index in [-0.39, 0.29) is 5.91 Å². The summed E-state index contributed by atoms with van der Waals surface area (Å²) < 4.78 is 16.8. The van der Waals surface area contributed by atoms with Crippen molar-refractivity contribution in [2.45, 2.75) is 4.90 Å². The molecule has 7 heteroatoms. The molecular weight excluding hydrogens is 424 g/mol. The lowest BCUT2D eigenvalue weighted by molar-refractivity contribution is 0.102. The van der Waals surface area contributed by atoms with Gasteiger partial charge in [0, 0.05) is 22.2 Å². The number of thioether (sulfide) groups is 1. The summed E-state index contributed by atoms with van der Waals surface area (Å²) in [5, 5.41) is 2.96. The van der Waals surface area contributed by atoms with E-state index in [4.69, 9.17) is 13.9 Å². The van der Waals surface area contributed by atoms with E-state index in [0.717, 1.165) is 16.1 Å². The Hall–Kier alpha value is -3.71. The first-order chi connectivity index (χ1) is 15.6. The number of nitrogens with one attached hydrogen (secondary N) is 1. The van der Waals surface area contributed by atoms with Crippen LogP contribution in [-0.4, -0.2) is 31.4 Å². The van der Waals surface area contributed by atoms with Crippen LogP contribution >= 0.6 is 11.8 Å². The predicted molar refractivity (Wildman–Crippen MR) is 127 cm³/mol. The van der Waals surface area contributed by atoms with E-state index >= 15 is 0 Å². The second-order valence-electron chi connectivity index (χ2n) is 6.83. The summed E-state index contributed by atoms with van der Waals surface area (Å²) in [6.07, 6.45) is 3.62. The molecule has 0 aliphatic rings. The Morgan fingerprint density at radius 1 is 0.969 bits per heavy atom. The summed E-state index contributed by atoms with van der Waals surface area (Å²) in [5.41, 5.74) is 2.54. The minimum Gasteiger partial charge on any atom is -0.497 e. The fraction of sp³-hybridized carbons (Fsp3) is 0.120. The van der Waals surface area contributed by atoms with E-state index in [1.54, 1.807) is 44.3 Å². The van der Waals surface area contributed by atoms with Gasteiger partial charge in [-0.1, -0.05) is 18.2 Å². The number of amides is 1. The Labute approximate surface area is 190 Å². The fourth-order valence-corrected chi connectivity index (χ4v) is 3.75. The molecule has 0 unspecified atom stereocenters. The summed E-state index contributed by atoms with van der Waals surface area (Å²) in [7, 11) is 3.18. The summed E-state index contributed by atoms with van der Waals surface area (Å²) in [4.78, 5) is 18.5. The molecule has 1 N–H and O–H groups in total. The van der Waals surface area contributed by atoms with Crippen molar-refractivity contribution in [3.8, 4) is 34.3 Å². The van der Waals surface area contributed by atoms with Gasteiger partial charge in [-0.15, -0.1) is 11.8 Å². The Morgan fingerprint density at radius 3 is 2.59 bits per heavy atom. The maximum atomic E-state index is 13.0. The van der Waals surface area contributed by atoms with Crippen molar-refractivity contribution in [2.75, 3.05) is 25.8 Å². The van der Waals surface area contributed by atoms with Gasteiger partial charge in [0.1, 0.15) is 11.5 Å². The van der Waals surface area contributed by atoms with Crippen LogP contribution in [0.25, 0.3) is 22.8 Å². The number of hydrogen-bond donors (Lipinski definition) is 1. The molecule has 162 valence electrons. The Balaban J connectivity index is 1.65. The molecule has 32 heavy (non-hydrogen) atoms. The van der Waals surface area contributed by atoms with Crippen molar-refractivity contribution < 1.29 is 18.7 Å². The van der Waals surface area contributed by atoms with E-state index in [1.165, 1.54) is 0 Å². The molecule has 0 bridgehead atoms. The molecule has 0 aliphatic heterocycles. The van der Waals surface area contributed by atoms with Gasteiger partial charge in [0.05, 0.1) is 31.5 Å². The van der Waals surface area contributed by atoms with E-state index in [0.29, 0.717) is 34.3 Å². The molecular formula is C25H22N2O4S. The van der Waals surface area contributed by atoms with Crippen LogP contribution in [0.5, 0.6) is 11.5 Å². The van der Waals surface area contributed by atoms with Crippen molar-refractivity contribution in [2.24, 2.45) is 0 Å². The minimum atomic E-state index is -0.236. The lowest BCUT2D eigenvalue weighted by Gasteiger charge is -2.09. The molecule has 0 saturated carbocycles. The molecule has 4 rings (SSSR count). The number of benzene rings is 3. The van der Waals surface area contributed by atoms with Gasteiger partial charge in [0.15, 0.2) is 5.76 Å². The lowest BCUT2D eigenvalue weighted by atomic mass is 10.1. The Kier molecular flexibility index (Phi) is 6.47. The van der Waals surface area contributed by atoms with Gasteiger partial charge in [0.25, 0.3) is 5.91 Å². The minimum absolute atomic E-state index is 0.236. The molecule has 4 aromatic rings. The van der Waals surface area contributed by atoms with E-state index in [1.807, 2.05) is 60.9 Å². The molecule has 0 atom stereocenters. The number of rotatable bonds is 7. The molecule has 6 nitrogen and oxygen atoms in total. The summed E-state index contributed by atoms with van der Waals surface area (Å²) >= 11 is 1.62. The number of nitrogens with zero attached hydrogens (tertiary/aromatic N) is 1. The third kappa shape index (κ3) is 4.48. The topological polar surface area (TPSA) is 73.6 Å². The third-order valence-corrected chi connectivity index (χ3v) is 5.63. The summed E-state index contributed by atoms with van der Waals surface area (Å²) in [6.45, 7) is 0. The Morgan fingerprint density at radius 2 is 1.81 bits per heavy atom. The number of carbonyl (C=O) groups excluding carboxylic acids is 1. The van der Waals surface area contributed by atoms with Crippen LogP contribution in [0.15, 0.2) is 82.2 Å². The number of carbonyl (C=O) groups is 1. The zero-order chi connectivity index (χ0) is 22.5. The number of aromatic nitrogens is 1. The smallest absolute Gasteiger partial charge is 0.256 e. The average Bonchev–Trinajstić information content (AvgIpc) is 3.33. The number of anilines is 1. The van der Waals surface area contributed by atoms with Crippen LogP contribution in [0.4, 0.5) is 5.69 Å². The fourth-order valence-electron chi connectivity index (χ4n) is 3.29. The first kappa shape index (κ1) is 21.5. The monoisotopic (exact) mass is 446 g/mol. The highest BCUT2D eigenvalue weighted by molar-refractivity contribution is 7.98. The molecule has 0 radical (unpaired) electrons. The number of oxazole rings is 1. The van der Waals surface area contributed by atoms with Gasteiger partial charge in [-0.05, 0) is 48.7 Å². The average molecular weight is 447 g/mol. The van der Waals surface area contributed by atoms with Crippen molar-refractivity contribution in [3.63, 3.8) is 0 Å². The largest absolute Gasteiger partial charge is 0.497 e. The summed E-state index contributed by atoms with van der Waals surface area (Å²) in [6, 6.07) is 20.4. The predicted octanol–water partition coefficient (Wildman–Crippen LogP) is 6.00. The maximum Gasteiger partial charge on any atom is 0.256 e. The van der Waals surface area contributed by atoms with Gasteiger partial charge in [-0.2, -0.15) is 0 Å². The maximum absolute atomic E-state index is 13.0. The van der Waals surface area contributed by atoms with Crippen molar-refractivity contribution in [1.29, 1.82) is 0 Å². The molecule has 1 aromatic heterocycles.